The summed E-state index contributed by atoms with van der Waals surface area (Å²) in [4.78, 5) is 10.1. The van der Waals surface area contributed by atoms with Crippen LogP contribution in [0.1, 0.15) is 12.8 Å². The summed E-state index contributed by atoms with van der Waals surface area (Å²) >= 11 is 0. The summed E-state index contributed by atoms with van der Waals surface area (Å²) in [7, 11) is 0. The lowest BCUT2D eigenvalue weighted by atomic mass is 10.2. The van der Waals surface area contributed by atoms with Gasteiger partial charge in [-0.05, 0) is 18.9 Å². The number of nitro groups is 1. The molecule has 1 saturated carbocycles. The molecule has 14 heavy (non-hydrogen) atoms. The molecule has 0 unspecified atom stereocenters. The first-order valence-corrected chi connectivity index (χ1v) is 4.46. The SMILES string of the molecule is Nc1cc(NC2CC2)cc([N+](=O)[O-])c1. The maximum absolute atomic E-state index is 10.5. The van der Waals surface area contributed by atoms with E-state index in [9.17, 15) is 10.1 Å². The molecule has 1 fully saturated rings. The molecule has 5 heteroatoms. The molecule has 74 valence electrons. The Bertz CT molecular complexity index is 374. The normalized spacial score (nSPS) is 15.1. The number of nitrogens with two attached hydrogens (primary N) is 1. The lowest BCUT2D eigenvalue weighted by Gasteiger charge is -2.04. The van der Waals surface area contributed by atoms with Gasteiger partial charge in [0.05, 0.1) is 4.92 Å². The summed E-state index contributed by atoms with van der Waals surface area (Å²) < 4.78 is 0. The number of hydrogen-bond acceptors (Lipinski definition) is 4. The molecule has 0 amide bonds. The third-order valence-corrected chi connectivity index (χ3v) is 2.10. The molecule has 3 N–H and O–H groups in total. The average molecular weight is 193 g/mol. The number of rotatable bonds is 3. The molecule has 0 aliphatic heterocycles. The van der Waals surface area contributed by atoms with Gasteiger partial charge in [-0.25, -0.2) is 0 Å². The fraction of sp³-hybridized carbons (Fsp3) is 0.333. The van der Waals surface area contributed by atoms with Crippen LogP contribution in [0, 0.1) is 10.1 Å². The number of nitrogens with zero attached hydrogens (tertiary/aromatic N) is 1. The predicted octanol–water partition coefficient (Wildman–Crippen LogP) is 1.75. The first-order valence-electron chi connectivity index (χ1n) is 4.46. The number of non-ortho nitro benzene ring substituents is 1. The van der Waals surface area contributed by atoms with Gasteiger partial charge in [-0.3, -0.25) is 10.1 Å². The van der Waals surface area contributed by atoms with Gasteiger partial charge >= 0.3 is 0 Å². The van der Waals surface area contributed by atoms with Gasteiger partial charge in [-0.15, -0.1) is 0 Å². The van der Waals surface area contributed by atoms with Crippen molar-refractivity contribution in [1.29, 1.82) is 0 Å². The Kier molecular flexibility index (Phi) is 1.99. The number of nitro benzene ring substituents is 1. The van der Waals surface area contributed by atoms with Crippen LogP contribution < -0.4 is 11.1 Å². The lowest BCUT2D eigenvalue weighted by molar-refractivity contribution is -0.384. The summed E-state index contributed by atoms with van der Waals surface area (Å²) in [6, 6.07) is 5.05. The molecule has 1 aliphatic rings. The van der Waals surface area contributed by atoms with Gasteiger partial charge in [0.2, 0.25) is 0 Å². The Morgan fingerprint density at radius 3 is 2.71 bits per heavy atom. The number of nitrogen functional groups attached to an aromatic ring is 1. The molecular formula is C9H11N3O2. The quantitative estimate of drug-likeness (QED) is 0.435. The van der Waals surface area contributed by atoms with Gasteiger partial charge < -0.3 is 11.1 Å². The highest BCUT2D eigenvalue weighted by molar-refractivity contribution is 5.62. The fourth-order valence-corrected chi connectivity index (χ4v) is 1.29. The van der Waals surface area contributed by atoms with Crippen molar-refractivity contribution in [2.75, 3.05) is 11.1 Å². The van der Waals surface area contributed by atoms with Gasteiger partial charge in [0.1, 0.15) is 0 Å². The maximum atomic E-state index is 10.5. The molecular weight excluding hydrogens is 182 g/mol. The minimum absolute atomic E-state index is 0.0353. The molecule has 5 nitrogen and oxygen atoms in total. The molecule has 0 radical (unpaired) electrons. The van der Waals surface area contributed by atoms with E-state index in [4.69, 9.17) is 5.73 Å². The molecule has 2 rings (SSSR count). The standard InChI is InChI=1S/C9H11N3O2/c10-6-3-8(11-7-1-2-7)5-9(4-6)12(13)14/h3-5,7,11H,1-2,10H2. The number of hydrogen-bond donors (Lipinski definition) is 2. The van der Waals surface area contributed by atoms with Crippen LogP contribution in [0.2, 0.25) is 0 Å². The molecule has 1 aromatic rings. The van der Waals surface area contributed by atoms with Gasteiger partial charge in [0.15, 0.2) is 0 Å². The van der Waals surface area contributed by atoms with E-state index in [0.29, 0.717) is 11.7 Å². The van der Waals surface area contributed by atoms with E-state index in [1.807, 2.05) is 0 Å². The molecule has 1 aromatic carbocycles. The zero-order valence-corrected chi connectivity index (χ0v) is 7.56. The zero-order chi connectivity index (χ0) is 10.1. The van der Waals surface area contributed by atoms with Crippen molar-refractivity contribution >= 4 is 17.1 Å². The number of benzene rings is 1. The largest absolute Gasteiger partial charge is 0.398 e. The summed E-state index contributed by atoms with van der Waals surface area (Å²) in [5.74, 6) is 0. The van der Waals surface area contributed by atoms with Gasteiger partial charge in [0, 0.05) is 29.5 Å². The van der Waals surface area contributed by atoms with Crippen LogP contribution in [0.3, 0.4) is 0 Å². The Morgan fingerprint density at radius 2 is 2.14 bits per heavy atom. The van der Waals surface area contributed by atoms with Crippen LogP contribution in [0.5, 0.6) is 0 Å². The Morgan fingerprint density at radius 1 is 1.43 bits per heavy atom. The molecule has 0 spiro atoms. The van der Waals surface area contributed by atoms with Crippen molar-refractivity contribution in [2.24, 2.45) is 0 Å². The van der Waals surface area contributed by atoms with E-state index in [0.717, 1.165) is 18.5 Å². The van der Waals surface area contributed by atoms with Crippen molar-refractivity contribution < 1.29 is 4.92 Å². The molecule has 0 atom stereocenters. The summed E-state index contributed by atoms with van der Waals surface area (Å²) in [5, 5.41) is 13.7. The lowest BCUT2D eigenvalue weighted by Crippen LogP contribution is -2.02. The van der Waals surface area contributed by atoms with Crippen LogP contribution in [0.4, 0.5) is 17.1 Å². The Balaban J connectivity index is 2.25. The second-order valence-electron chi connectivity index (χ2n) is 3.49. The highest BCUT2D eigenvalue weighted by Crippen LogP contribution is 2.28. The van der Waals surface area contributed by atoms with Crippen molar-refractivity contribution in [2.45, 2.75) is 18.9 Å². The smallest absolute Gasteiger partial charge is 0.273 e. The van der Waals surface area contributed by atoms with Crippen molar-refractivity contribution in [3.63, 3.8) is 0 Å². The van der Waals surface area contributed by atoms with Gasteiger partial charge in [0.25, 0.3) is 5.69 Å². The van der Waals surface area contributed by atoms with E-state index >= 15 is 0 Å². The highest BCUT2D eigenvalue weighted by Gasteiger charge is 2.21. The van der Waals surface area contributed by atoms with Crippen LogP contribution >= 0.6 is 0 Å². The first-order chi connectivity index (χ1) is 6.65. The summed E-state index contributed by atoms with van der Waals surface area (Å²) in [6.07, 6.45) is 2.26. The van der Waals surface area contributed by atoms with E-state index < -0.39 is 4.92 Å². The van der Waals surface area contributed by atoms with Crippen molar-refractivity contribution in [1.82, 2.24) is 0 Å². The highest BCUT2D eigenvalue weighted by atomic mass is 16.6. The van der Waals surface area contributed by atoms with E-state index in [1.165, 1.54) is 12.1 Å². The Hall–Kier alpha value is -1.78. The third-order valence-electron chi connectivity index (χ3n) is 2.10. The minimum Gasteiger partial charge on any atom is -0.398 e. The van der Waals surface area contributed by atoms with Crippen LogP contribution in [0.25, 0.3) is 0 Å². The predicted molar refractivity (Wildman–Crippen MR) is 54.2 cm³/mol. The monoisotopic (exact) mass is 193 g/mol. The van der Waals surface area contributed by atoms with E-state index in [-0.39, 0.29) is 5.69 Å². The van der Waals surface area contributed by atoms with Crippen LogP contribution in [0.15, 0.2) is 18.2 Å². The van der Waals surface area contributed by atoms with Gasteiger partial charge in [-0.1, -0.05) is 0 Å². The van der Waals surface area contributed by atoms with E-state index in [2.05, 4.69) is 5.32 Å². The van der Waals surface area contributed by atoms with Crippen LogP contribution in [-0.2, 0) is 0 Å². The van der Waals surface area contributed by atoms with E-state index in [1.54, 1.807) is 6.07 Å². The fourth-order valence-electron chi connectivity index (χ4n) is 1.29. The minimum atomic E-state index is -0.436. The first kappa shape index (κ1) is 8.80. The van der Waals surface area contributed by atoms with Crippen molar-refractivity contribution in [3.8, 4) is 0 Å². The molecule has 1 aliphatic carbocycles. The molecule has 0 aromatic heterocycles. The van der Waals surface area contributed by atoms with Gasteiger partial charge in [-0.2, -0.15) is 0 Å². The van der Waals surface area contributed by atoms with Crippen LogP contribution in [-0.4, -0.2) is 11.0 Å². The number of anilines is 2. The summed E-state index contributed by atoms with van der Waals surface area (Å²) in [6.45, 7) is 0. The second-order valence-corrected chi connectivity index (χ2v) is 3.49. The zero-order valence-electron chi connectivity index (χ0n) is 7.56. The number of nitrogens with one attached hydrogen (secondary N) is 1. The third kappa shape index (κ3) is 1.93. The Labute approximate surface area is 81.1 Å². The maximum Gasteiger partial charge on any atom is 0.273 e. The van der Waals surface area contributed by atoms with Crippen molar-refractivity contribution in [3.05, 3.63) is 28.3 Å². The molecule has 0 bridgehead atoms. The molecule has 0 heterocycles. The topological polar surface area (TPSA) is 81.2 Å². The summed E-state index contributed by atoms with van der Waals surface area (Å²) in [5.41, 5.74) is 6.74. The average Bonchev–Trinajstić information content (AvgIpc) is 2.87. The second kappa shape index (κ2) is 3.17. The molecule has 0 saturated heterocycles.